The van der Waals surface area contributed by atoms with E-state index in [2.05, 4.69) is 5.10 Å². The first kappa shape index (κ1) is 12.3. The van der Waals surface area contributed by atoms with Gasteiger partial charge < -0.3 is 10.5 Å². The van der Waals surface area contributed by atoms with Crippen LogP contribution in [0, 0.1) is 0 Å². The number of esters is 1. The van der Waals surface area contributed by atoms with E-state index in [0.717, 1.165) is 4.68 Å². The minimum atomic E-state index is -0.583. The molecular weight excluding hydrogens is 254 g/mol. The monoisotopic (exact) mass is 265 g/mol. The Balaban J connectivity index is 2.31. The molecule has 0 saturated carbocycles. The fourth-order valence-electron chi connectivity index (χ4n) is 1.39. The second kappa shape index (κ2) is 5.01. The molecular formula is C11H11N3O3S. The van der Waals surface area contributed by atoms with E-state index >= 15 is 0 Å². The van der Waals surface area contributed by atoms with Crippen LogP contribution in [0.3, 0.4) is 0 Å². The fourth-order valence-corrected chi connectivity index (χ4v) is 2.04. The second-order valence-electron chi connectivity index (χ2n) is 3.36. The molecule has 2 N–H and O–H groups in total. The molecule has 0 amide bonds. The van der Waals surface area contributed by atoms with Crippen molar-refractivity contribution in [1.29, 1.82) is 0 Å². The van der Waals surface area contributed by atoms with Crippen molar-refractivity contribution in [2.75, 3.05) is 12.3 Å². The predicted octanol–water partition coefficient (Wildman–Crippen LogP) is 1.39. The first-order valence-electron chi connectivity index (χ1n) is 5.24. The van der Waals surface area contributed by atoms with Gasteiger partial charge in [0.1, 0.15) is 11.4 Å². The highest BCUT2D eigenvalue weighted by atomic mass is 32.1. The summed E-state index contributed by atoms with van der Waals surface area (Å²) in [6.45, 7) is 1.93. The van der Waals surface area contributed by atoms with Gasteiger partial charge in [-0.15, -0.1) is 11.3 Å². The van der Waals surface area contributed by atoms with Crippen LogP contribution < -0.4 is 5.73 Å². The van der Waals surface area contributed by atoms with Crippen molar-refractivity contribution in [2.24, 2.45) is 0 Å². The van der Waals surface area contributed by atoms with E-state index in [9.17, 15) is 9.59 Å². The molecule has 0 aliphatic rings. The fraction of sp³-hybridized carbons (Fsp3) is 0.182. The van der Waals surface area contributed by atoms with E-state index in [1.807, 2.05) is 0 Å². The summed E-state index contributed by atoms with van der Waals surface area (Å²) in [5.74, 6) is -0.954. The predicted molar refractivity (Wildman–Crippen MR) is 66.6 cm³/mol. The number of ether oxygens (including phenoxy) is 1. The molecule has 0 unspecified atom stereocenters. The van der Waals surface area contributed by atoms with E-state index in [1.165, 1.54) is 17.5 Å². The highest BCUT2D eigenvalue weighted by Gasteiger charge is 2.20. The Kier molecular flexibility index (Phi) is 3.42. The van der Waals surface area contributed by atoms with Gasteiger partial charge in [-0.2, -0.15) is 9.78 Å². The molecule has 0 aliphatic carbocycles. The summed E-state index contributed by atoms with van der Waals surface area (Å²) in [6, 6.07) is 3.42. The molecule has 0 radical (unpaired) electrons. The summed E-state index contributed by atoms with van der Waals surface area (Å²) >= 11 is 1.28. The Bertz CT molecular complexity index is 574. The molecule has 0 fully saturated rings. The maximum Gasteiger partial charge on any atom is 0.343 e. The third-order valence-electron chi connectivity index (χ3n) is 2.23. The molecule has 2 rings (SSSR count). The Morgan fingerprint density at radius 1 is 1.56 bits per heavy atom. The van der Waals surface area contributed by atoms with Crippen molar-refractivity contribution in [3.63, 3.8) is 0 Å². The van der Waals surface area contributed by atoms with Crippen LogP contribution in [0.4, 0.5) is 5.82 Å². The molecule has 7 heteroatoms. The van der Waals surface area contributed by atoms with Crippen molar-refractivity contribution in [3.05, 3.63) is 34.2 Å². The number of carbonyl (C=O) groups is 2. The van der Waals surface area contributed by atoms with Gasteiger partial charge in [-0.05, 0) is 18.4 Å². The van der Waals surface area contributed by atoms with E-state index in [-0.39, 0.29) is 23.9 Å². The van der Waals surface area contributed by atoms with Crippen LogP contribution in [0.1, 0.15) is 27.0 Å². The zero-order chi connectivity index (χ0) is 13.1. The molecule has 0 aromatic carbocycles. The number of nitrogens with zero attached hydrogens (tertiary/aromatic N) is 2. The third-order valence-corrected chi connectivity index (χ3v) is 3.08. The topological polar surface area (TPSA) is 87.2 Å². The molecule has 0 atom stereocenters. The number of nitrogen functional groups attached to an aromatic ring is 1. The van der Waals surface area contributed by atoms with Gasteiger partial charge in [-0.3, -0.25) is 4.79 Å². The van der Waals surface area contributed by atoms with Gasteiger partial charge >= 0.3 is 5.97 Å². The molecule has 18 heavy (non-hydrogen) atoms. The van der Waals surface area contributed by atoms with Crippen LogP contribution >= 0.6 is 11.3 Å². The van der Waals surface area contributed by atoms with Crippen LogP contribution in [0.25, 0.3) is 0 Å². The maximum absolute atomic E-state index is 12.0. The number of anilines is 1. The standard InChI is InChI=1S/C11H11N3O3S/c1-2-17-11(16)7-6-13-14(9(7)12)10(15)8-4-3-5-18-8/h3-6H,2,12H2,1H3. The Labute approximate surface area is 107 Å². The largest absolute Gasteiger partial charge is 0.462 e. The molecule has 6 nitrogen and oxygen atoms in total. The molecule has 0 bridgehead atoms. The maximum atomic E-state index is 12.0. The quantitative estimate of drug-likeness (QED) is 0.847. The van der Waals surface area contributed by atoms with Crippen molar-refractivity contribution in [3.8, 4) is 0 Å². The van der Waals surface area contributed by atoms with Gasteiger partial charge in [-0.25, -0.2) is 4.79 Å². The number of hydrogen-bond donors (Lipinski definition) is 1. The van der Waals surface area contributed by atoms with Crippen LogP contribution in [0.2, 0.25) is 0 Å². The van der Waals surface area contributed by atoms with Gasteiger partial charge in [0.05, 0.1) is 17.7 Å². The summed E-state index contributed by atoms with van der Waals surface area (Å²) in [4.78, 5) is 24.0. The number of carbonyl (C=O) groups excluding carboxylic acids is 2. The van der Waals surface area contributed by atoms with E-state index in [4.69, 9.17) is 10.5 Å². The summed E-state index contributed by atoms with van der Waals surface area (Å²) in [5.41, 5.74) is 5.82. The first-order valence-corrected chi connectivity index (χ1v) is 6.12. The molecule has 2 aromatic heterocycles. The van der Waals surface area contributed by atoms with Crippen molar-refractivity contribution >= 4 is 29.0 Å². The number of thiophene rings is 1. The highest BCUT2D eigenvalue weighted by Crippen LogP contribution is 2.16. The summed E-state index contributed by atoms with van der Waals surface area (Å²) in [7, 11) is 0. The lowest BCUT2D eigenvalue weighted by Gasteiger charge is -2.02. The molecule has 94 valence electrons. The SMILES string of the molecule is CCOC(=O)c1cnn(C(=O)c2cccs2)c1N. The van der Waals surface area contributed by atoms with E-state index in [1.54, 1.807) is 24.4 Å². The minimum absolute atomic E-state index is 0.00755. The summed E-state index contributed by atoms with van der Waals surface area (Å²) in [5, 5.41) is 5.60. The number of rotatable bonds is 3. The van der Waals surface area contributed by atoms with Gasteiger partial charge in [0.2, 0.25) is 0 Å². The third kappa shape index (κ3) is 2.12. The van der Waals surface area contributed by atoms with Gasteiger partial charge in [0, 0.05) is 0 Å². The van der Waals surface area contributed by atoms with Crippen molar-refractivity contribution < 1.29 is 14.3 Å². The minimum Gasteiger partial charge on any atom is -0.462 e. The van der Waals surface area contributed by atoms with Crippen molar-refractivity contribution in [2.45, 2.75) is 6.92 Å². The zero-order valence-electron chi connectivity index (χ0n) is 9.62. The lowest BCUT2D eigenvalue weighted by Crippen LogP contribution is -2.16. The second-order valence-corrected chi connectivity index (χ2v) is 4.31. The van der Waals surface area contributed by atoms with E-state index in [0.29, 0.717) is 4.88 Å². The van der Waals surface area contributed by atoms with Crippen LogP contribution in [-0.2, 0) is 4.74 Å². The lowest BCUT2D eigenvalue weighted by molar-refractivity contribution is 0.0527. The molecule has 0 saturated heterocycles. The Morgan fingerprint density at radius 2 is 2.33 bits per heavy atom. The zero-order valence-corrected chi connectivity index (χ0v) is 10.4. The smallest absolute Gasteiger partial charge is 0.343 e. The average molecular weight is 265 g/mol. The Hall–Kier alpha value is -2.15. The van der Waals surface area contributed by atoms with Crippen LogP contribution in [0.15, 0.2) is 23.7 Å². The molecule has 2 aromatic rings. The number of aromatic nitrogens is 2. The molecule has 2 heterocycles. The summed E-state index contributed by atoms with van der Waals surface area (Å²) in [6.07, 6.45) is 1.23. The number of hydrogen-bond acceptors (Lipinski definition) is 6. The van der Waals surface area contributed by atoms with Crippen molar-refractivity contribution in [1.82, 2.24) is 9.78 Å². The number of nitrogens with two attached hydrogens (primary N) is 1. The molecule has 0 spiro atoms. The lowest BCUT2D eigenvalue weighted by atomic mass is 10.3. The Morgan fingerprint density at radius 3 is 2.94 bits per heavy atom. The first-order chi connectivity index (χ1) is 8.65. The average Bonchev–Trinajstić information content (AvgIpc) is 2.97. The van der Waals surface area contributed by atoms with Crippen LogP contribution in [0.5, 0.6) is 0 Å². The normalized spacial score (nSPS) is 10.3. The van der Waals surface area contributed by atoms with E-state index < -0.39 is 5.97 Å². The van der Waals surface area contributed by atoms with Gasteiger partial charge in [0.25, 0.3) is 5.91 Å². The van der Waals surface area contributed by atoms with Gasteiger partial charge in [-0.1, -0.05) is 6.07 Å². The molecule has 0 aliphatic heterocycles. The summed E-state index contributed by atoms with van der Waals surface area (Å²) < 4.78 is 5.81. The highest BCUT2D eigenvalue weighted by molar-refractivity contribution is 7.12. The van der Waals surface area contributed by atoms with Gasteiger partial charge in [0.15, 0.2) is 0 Å². The van der Waals surface area contributed by atoms with Crippen LogP contribution in [-0.4, -0.2) is 28.3 Å².